The molecule has 1 unspecified atom stereocenters. The number of aromatic hydroxyl groups is 1. The normalized spacial score (nSPS) is 13.7. The van der Waals surface area contributed by atoms with Crippen LogP contribution >= 0.6 is 0 Å². The van der Waals surface area contributed by atoms with Crippen LogP contribution in [-0.4, -0.2) is 15.1 Å². The van der Waals surface area contributed by atoms with Crippen LogP contribution in [0, 0.1) is 6.92 Å². The molecule has 0 aliphatic heterocycles. The Morgan fingerprint density at radius 3 is 2.63 bits per heavy atom. The van der Waals surface area contributed by atoms with E-state index < -0.39 is 0 Å². The lowest BCUT2D eigenvalue weighted by atomic mass is 9.96. The zero-order valence-corrected chi connectivity index (χ0v) is 18.1. The number of phenols is 1. The van der Waals surface area contributed by atoms with Crippen LogP contribution in [0.5, 0.6) is 5.75 Å². The Kier molecular flexibility index (Phi) is 7.02. The summed E-state index contributed by atoms with van der Waals surface area (Å²) in [6.07, 6.45) is 12.8. The van der Waals surface area contributed by atoms with E-state index in [1.54, 1.807) is 12.4 Å². The zero-order valence-electron chi connectivity index (χ0n) is 18.1. The Morgan fingerprint density at radius 2 is 1.87 bits per heavy atom. The molecule has 4 heteroatoms. The molecule has 0 bridgehead atoms. The number of aromatic nitrogens is 2. The molecule has 0 saturated heterocycles. The van der Waals surface area contributed by atoms with Gasteiger partial charge < -0.3 is 10.4 Å². The molecular weight excluding hydrogens is 370 g/mol. The van der Waals surface area contributed by atoms with Crippen molar-refractivity contribution in [3.05, 3.63) is 95.4 Å². The molecule has 2 aromatic heterocycles. The zero-order chi connectivity index (χ0) is 21.5. The van der Waals surface area contributed by atoms with Crippen LogP contribution in [0.2, 0.25) is 0 Å². The van der Waals surface area contributed by atoms with Gasteiger partial charge in [-0.1, -0.05) is 55.0 Å². The van der Waals surface area contributed by atoms with Gasteiger partial charge in [0.15, 0.2) is 0 Å². The number of rotatable bonds is 7. The van der Waals surface area contributed by atoms with Crippen LogP contribution in [0.1, 0.15) is 44.4 Å². The van der Waals surface area contributed by atoms with Crippen molar-refractivity contribution >= 4 is 16.7 Å². The summed E-state index contributed by atoms with van der Waals surface area (Å²) in [5.41, 5.74) is 4.88. The third-order valence-corrected chi connectivity index (χ3v) is 5.16. The Bertz CT molecular complexity index is 1110. The van der Waals surface area contributed by atoms with Crippen LogP contribution in [0.4, 0.5) is 5.82 Å². The number of aryl methyl sites for hydroxylation is 1. The maximum absolute atomic E-state index is 11.0. The Balaban J connectivity index is 2.02. The van der Waals surface area contributed by atoms with Crippen molar-refractivity contribution in [2.45, 2.75) is 40.2 Å². The molecular formula is C26H29N3O. The fraction of sp³-hybridized carbons (Fsp3) is 0.231. The fourth-order valence-corrected chi connectivity index (χ4v) is 3.22. The monoisotopic (exact) mass is 399 g/mol. The molecule has 4 nitrogen and oxygen atoms in total. The van der Waals surface area contributed by atoms with Gasteiger partial charge in [0.25, 0.3) is 0 Å². The van der Waals surface area contributed by atoms with E-state index in [-0.39, 0.29) is 11.8 Å². The number of anilines is 1. The number of pyridine rings is 2. The average Bonchev–Trinajstić information content (AvgIpc) is 2.75. The van der Waals surface area contributed by atoms with Crippen molar-refractivity contribution < 1.29 is 5.11 Å². The first-order valence-electron chi connectivity index (χ1n) is 10.3. The largest absolute Gasteiger partial charge is 0.505 e. The number of phenolic OH excluding ortho intramolecular Hbond substituents is 1. The Hall–Kier alpha value is -3.40. The van der Waals surface area contributed by atoms with Crippen LogP contribution in [0.3, 0.4) is 0 Å². The van der Waals surface area contributed by atoms with E-state index in [1.165, 1.54) is 5.57 Å². The first kappa shape index (κ1) is 21.3. The van der Waals surface area contributed by atoms with Crippen LogP contribution in [-0.2, 0) is 0 Å². The Morgan fingerprint density at radius 1 is 1.07 bits per heavy atom. The number of hydrogen-bond donors (Lipinski definition) is 2. The maximum Gasteiger partial charge on any atom is 0.147 e. The van der Waals surface area contributed by atoms with E-state index >= 15 is 0 Å². The van der Waals surface area contributed by atoms with Gasteiger partial charge in [0.1, 0.15) is 17.1 Å². The summed E-state index contributed by atoms with van der Waals surface area (Å²) >= 11 is 0. The second-order valence-corrected chi connectivity index (χ2v) is 7.54. The first-order chi connectivity index (χ1) is 14.5. The highest BCUT2D eigenvalue weighted by Crippen LogP contribution is 2.36. The van der Waals surface area contributed by atoms with Gasteiger partial charge in [-0.05, 0) is 56.5 Å². The molecule has 30 heavy (non-hydrogen) atoms. The van der Waals surface area contributed by atoms with Gasteiger partial charge in [-0.15, -0.1) is 0 Å². The smallest absolute Gasteiger partial charge is 0.147 e. The van der Waals surface area contributed by atoms with Gasteiger partial charge in [0, 0.05) is 23.3 Å². The third kappa shape index (κ3) is 5.15. The lowest BCUT2D eigenvalue weighted by Crippen LogP contribution is -2.13. The number of fused-ring (bicyclic) bond motifs is 1. The van der Waals surface area contributed by atoms with Gasteiger partial charge in [0.05, 0.1) is 6.04 Å². The summed E-state index contributed by atoms with van der Waals surface area (Å²) in [5, 5.41) is 15.4. The van der Waals surface area contributed by atoms with Gasteiger partial charge in [-0.2, -0.15) is 0 Å². The molecule has 3 rings (SSSR count). The molecule has 0 spiro atoms. The van der Waals surface area contributed by atoms with Crippen molar-refractivity contribution in [2.75, 3.05) is 5.32 Å². The lowest BCUT2D eigenvalue weighted by molar-refractivity contribution is 0.471. The van der Waals surface area contributed by atoms with Crippen molar-refractivity contribution in [1.82, 2.24) is 9.97 Å². The highest BCUT2D eigenvalue weighted by molar-refractivity contribution is 5.85. The predicted octanol–water partition coefficient (Wildman–Crippen LogP) is 6.66. The average molecular weight is 400 g/mol. The number of allylic oxidation sites excluding steroid dienone is 5. The van der Waals surface area contributed by atoms with Gasteiger partial charge in [0.2, 0.25) is 0 Å². The molecule has 0 radical (unpaired) electrons. The van der Waals surface area contributed by atoms with Crippen LogP contribution in [0.15, 0.2) is 84.2 Å². The lowest BCUT2D eigenvalue weighted by Gasteiger charge is -2.22. The molecule has 0 saturated carbocycles. The number of nitrogens with one attached hydrogen (secondary N) is 1. The SMILES string of the molecule is CC/C(C)=C/C=C\C=C(/C)C(Nc1cc(C)ccn1)c1ccc2cccnc2c1O. The minimum Gasteiger partial charge on any atom is -0.505 e. The Labute approximate surface area is 178 Å². The summed E-state index contributed by atoms with van der Waals surface area (Å²) in [7, 11) is 0. The van der Waals surface area contributed by atoms with Crippen molar-refractivity contribution in [1.29, 1.82) is 0 Å². The molecule has 0 amide bonds. The quantitative estimate of drug-likeness (QED) is 0.436. The summed E-state index contributed by atoms with van der Waals surface area (Å²) in [5.74, 6) is 0.954. The van der Waals surface area contributed by atoms with E-state index in [0.29, 0.717) is 5.52 Å². The summed E-state index contributed by atoms with van der Waals surface area (Å²) in [6.45, 7) is 8.35. The molecule has 1 atom stereocenters. The van der Waals surface area contributed by atoms with Gasteiger partial charge in [-0.25, -0.2) is 4.98 Å². The number of nitrogens with zero attached hydrogens (tertiary/aromatic N) is 2. The molecule has 0 aliphatic rings. The first-order valence-corrected chi connectivity index (χ1v) is 10.3. The van der Waals surface area contributed by atoms with Crippen LogP contribution < -0.4 is 5.32 Å². The van der Waals surface area contributed by atoms with E-state index in [0.717, 1.165) is 34.3 Å². The number of benzene rings is 1. The van der Waals surface area contributed by atoms with E-state index in [1.807, 2.05) is 55.5 Å². The van der Waals surface area contributed by atoms with Crippen molar-refractivity contribution in [3.63, 3.8) is 0 Å². The molecule has 2 N–H and O–H groups in total. The second-order valence-electron chi connectivity index (χ2n) is 7.54. The minimum absolute atomic E-state index is 0.191. The van der Waals surface area contributed by atoms with Gasteiger partial charge >= 0.3 is 0 Å². The molecule has 2 heterocycles. The highest BCUT2D eigenvalue weighted by Gasteiger charge is 2.19. The third-order valence-electron chi connectivity index (χ3n) is 5.16. The van der Waals surface area contributed by atoms with E-state index in [2.05, 4.69) is 48.2 Å². The maximum atomic E-state index is 11.0. The van der Waals surface area contributed by atoms with Crippen molar-refractivity contribution in [2.24, 2.45) is 0 Å². The summed E-state index contributed by atoms with van der Waals surface area (Å²) < 4.78 is 0. The van der Waals surface area contributed by atoms with Crippen LogP contribution in [0.25, 0.3) is 10.9 Å². The predicted molar refractivity (Wildman–Crippen MR) is 126 cm³/mol. The minimum atomic E-state index is -0.244. The molecule has 1 aromatic carbocycles. The highest BCUT2D eigenvalue weighted by atomic mass is 16.3. The van der Waals surface area contributed by atoms with E-state index in [9.17, 15) is 5.11 Å². The standard InChI is InChI=1S/C26H29N3O/c1-5-18(2)9-6-7-10-20(4)24(29-23-17-19(3)14-16-27-23)22-13-12-21-11-8-15-28-25(21)26(22)30/h6-17,24,30H,5H2,1-4H3,(H,27,29)/b7-6-,18-9+,20-10+. The molecule has 0 aliphatic carbocycles. The topological polar surface area (TPSA) is 58.0 Å². The molecule has 154 valence electrons. The fourth-order valence-electron chi connectivity index (χ4n) is 3.22. The number of hydrogen-bond acceptors (Lipinski definition) is 4. The molecule has 3 aromatic rings. The molecule has 0 fully saturated rings. The summed E-state index contributed by atoms with van der Waals surface area (Å²) in [4.78, 5) is 8.82. The van der Waals surface area contributed by atoms with Gasteiger partial charge in [-0.3, -0.25) is 4.98 Å². The second kappa shape index (κ2) is 9.88. The van der Waals surface area contributed by atoms with Crippen molar-refractivity contribution in [3.8, 4) is 5.75 Å². The van der Waals surface area contributed by atoms with E-state index in [4.69, 9.17) is 0 Å². The summed E-state index contributed by atoms with van der Waals surface area (Å²) in [6, 6.07) is 11.5.